The van der Waals surface area contributed by atoms with Crippen LogP contribution in [0, 0.1) is 0 Å². The zero-order valence-corrected chi connectivity index (χ0v) is 11.0. The van der Waals surface area contributed by atoms with Crippen LogP contribution in [-0.4, -0.2) is 36.1 Å². The molecule has 1 aliphatic heterocycles. The first-order chi connectivity index (χ1) is 8.50. The van der Waals surface area contributed by atoms with Gasteiger partial charge < -0.3 is 16.0 Å². The number of anilines is 2. The zero-order chi connectivity index (χ0) is 13.2. The standard InChI is InChI=1S/C10H14F3N5.ClH/c1-14-8-7(10(11,12)13)5-16-9(18-8)17-6-2-3-15-4-6;/h5-6,15H,2-4H2,1H3,(H2,14,16,17,18);1H. The van der Waals surface area contributed by atoms with Crippen LogP contribution in [0.1, 0.15) is 12.0 Å². The van der Waals surface area contributed by atoms with Gasteiger partial charge in [0.25, 0.3) is 0 Å². The minimum absolute atomic E-state index is 0. The molecule has 1 unspecified atom stereocenters. The summed E-state index contributed by atoms with van der Waals surface area (Å²) in [7, 11) is 1.40. The van der Waals surface area contributed by atoms with Crippen LogP contribution < -0.4 is 16.0 Å². The van der Waals surface area contributed by atoms with Gasteiger partial charge >= 0.3 is 6.18 Å². The average Bonchev–Trinajstić information content (AvgIpc) is 2.80. The number of rotatable bonds is 3. The van der Waals surface area contributed by atoms with Gasteiger partial charge in [-0.2, -0.15) is 18.2 Å². The van der Waals surface area contributed by atoms with E-state index in [1.165, 1.54) is 7.05 Å². The van der Waals surface area contributed by atoms with Crippen molar-refractivity contribution in [1.82, 2.24) is 15.3 Å². The molecule has 0 bridgehead atoms. The van der Waals surface area contributed by atoms with Crippen molar-refractivity contribution in [3.05, 3.63) is 11.8 Å². The molecule has 9 heteroatoms. The van der Waals surface area contributed by atoms with Gasteiger partial charge in [-0.05, 0) is 13.0 Å². The molecule has 0 saturated carbocycles. The summed E-state index contributed by atoms with van der Waals surface area (Å²) in [4.78, 5) is 7.55. The highest BCUT2D eigenvalue weighted by Crippen LogP contribution is 2.33. The van der Waals surface area contributed by atoms with E-state index in [0.717, 1.165) is 25.7 Å². The second kappa shape index (κ2) is 6.25. The monoisotopic (exact) mass is 297 g/mol. The van der Waals surface area contributed by atoms with Gasteiger partial charge in [0.05, 0.1) is 0 Å². The van der Waals surface area contributed by atoms with Gasteiger partial charge in [0.15, 0.2) is 0 Å². The van der Waals surface area contributed by atoms with E-state index in [-0.39, 0.29) is 30.2 Å². The molecule has 3 N–H and O–H groups in total. The quantitative estimate of drug-likeness (QED) is 0.793. The molecule has 1 atom stereocenters. The summed E-state index contributed by atoms with van der Waals surface area (Å²) >= 11 is 0. The lowest BCUT2D eigenvalue weighted by Crippen LogP contribution is -2.24. The largest absolute Gasteiger partial charge is 0.421 e. The summed E-state index contributed by atoms with van der Waals surface area (Å²) in [6, 6.07) is 0.159. The fourth-order valence-corrected chi connectivity index (χ4v) is 1.81. The number of nitrogens with zero attached hydrogens (tertiary/aromatic N) is 2. The lowest BCUT2D eigenvalue weighted by atomic mass is 10.2. The molecule has 1 aliphatic rings. The highest BCUT2D eigenvalue weighted by molar-refractivity contribution is 5.85. The minimum Gasteiger partial charge on any atom is -0.372 e. The Kier molecular flexibility index (Phi) is 5.19. The Morgan fingerprint density at radius 3 is 2.68 bits per heavy atom. The van der Waals surface area contributed by atoms with Gasteiger partial charge in [-0.1, -0.05) is 0 Å². The molecule has 0 amide bonds. The van der Waals surface area contributed by atoms with Crippen LogP contribution in [0.4, 0.5) is 24.9 Å². The highest BCUT2D eigenvalue weighted by Gasteiger charge is 2.35. The Labute approximate surface area is 114 Å². The summed E-state index contributed by atoms with van der Waals surface area (Å²) in [6.07, 6.45) is -2.76. The Hall–Kier alpha value is -1.28. The summed E-state index contributed by atoms with van der Waals surface area (Å²) in [6.45, 7) is 1.65. The summed E-state index contributed by atoms with van der Waals surface area (Å²) < 4.78 is 37.9. The molecule has 0 spiro atoms. The van der Waals surface area contributed by atoms with Gasteiger partial charge in [-0.3, -0.25) is 0 Å². The predicted octanol–water partition coefficient (Wildman–Crippen LogP) is 1.73. The lowest BCUT2D eigenvalue weighted by Gasteiger charge is -2.15. The van der Waals surface area contributed by atoms with Crippen LogP contribution >= 0.6 is 12.4 Å². The Morgan fingerprint density at radius 2 is 2.16 bits per heavy atom. The maximum atomic E-state index is 12.6. The van der Waals surface area contributed by atoms with Gasteiger partial charge in [-0.15, -0.1) is 12.4 Å². The first-order valence-electron chi connectivity index (χ1n) is 5.60. The third kappa shape index (κ3) is 3.84. The van der Waals surface area contributed by atoms with Crippen LogP contribution in [0.2, 0.25) is 0 Å². The van der Waals surface area contributed by atoms with Crippen molar-refractivity contribution >= 4 is 24.2 Å². The smallest absolute Gasteiger partial charge is 0.372 e. The number of hydrogen-bond acceptors (Lipinski definition) is 5. The van der Waals surface area contributed by atoms with Crippen molar-refractivity contribution < 1.29 is 13.2 Å². The predicted molar refractivity (Wildman–Crippen MR) is 68.7 cm³/mol. The van der Waals surface area contributed by atoms with Crippen molar-refractivity contribution in [3.63, 3.8) is 0 Å². The fraction of sp³-hybridized carbons (Fsp3) is 0.600. The second-order valence-electron chi connectivity index (χ2n) is 4.04. The Bertz CT molecular complexity index is 420. The minimum atomic E-state index is -4.45. The number of nitrogens with one attached hydrogen (secondary N) is 3. The molecule has 1 aromatic rings. The fourth-order valence-electron chi connectivity index (χ4n) is 1.81. The maximum absolute atomic E-state index is 12.6. The van der Waals surface area contributed by atoms with E-state index in [1.54, 1.807) is 0 Å². The van der Waals surface area contributed by atoms with E-state index in [4.69, 9.17) is 0 Å². The molecular weight excluding hydrogens is 283 g/mol. The molecule has 19 heavy (non-hydrogen) atoms. The van der Waals surface area contributed by atoms with Crippen LogP contribution in [0.3, 0.4) is 0 Å². The molecule has 108 valence electrons. The Morgan fingerprint density at radius 1 is 1.42 bits per heavy atom. The summed E-state index contributed by atoms with van der Waals surface area (Å²) in [5.74, 6) is -0.00740. The van der Waals surface area contributed by atoms with Crippen molar-refractivity contribution in [2.75, 3.05) is 30.8 Å². The number of hydrogen-bond donors (Lipinski definition) is 3. The molecule has 2 heterocycles. The van der Waals surface area contributed by atoms with E-state index in [9.17, 15) is 13.2 Å². The van der Waals surface area contributed by atoms with Crippen molar-refractivity contribution in [2.45, 2.75) is 18.6 Å². The van der Waals surface area contributed by atoms with E-state index < -0.39 is 11.7 Å². The second-order valence-corrected chi connectivity index (χ2v) is 4.04. The van der Waals surface area contributed by atoms with E-state index in [1.807, 2.05) is 0 Å². The topological polar surface area (TPSA) is 61.9 Å². The summed E-state index contributed by atoms with van der Waals surface area (Å²) in [5.41, 5.74) is -0.861. The third-order valence-electron chi connectivity index (χ3n) is 2.72. The van der Waals surface area contributed by atoms with Crippen LogP contribution in [0.5, 0.6) is 0 Å². The van der Waals surface area contributed by atoms with Gasteiger partial charge in [-0.25, -0.2) is 4.98 Å². The van der Waals surface area contributed by atoms with Crippen molar-refractivity contribution in [3.8, 4) is 0 Å². The highest BCUT2D eigenvalue weighted by atomic mass is 35.5. The van der Waals surface area contributed by atoms with Crippen molar-refractivity contribution in [2.24, 2.45) is 0 Å². The maximum Gasteiger partial charge on any atom is 0.421 e. The normalized spacial score (nSPS) is 18.8. The lowest BCUT2D eigenvalue weighted by molar-refractivity contribution is -0.137. The van der Waals surface area contributed by atoms with Crippen LogP contribution in [0.25, 0.3) is 0 Å². The van der Waals surface area contributed by atoms with E-state index in [0.29, 0.717) is 0 Å². The summed E-state index contributed by atoms with van der Waals surface area (Å²) in [5, 5.41) is 8.59. The SMILES string of the molecule is CNc1nc(NC2CCNC2)ncc1C(F)(F)F.Cl. The first-order valence-corrected chi connectivity index (χ1v) is 5.60. The van der Waals surface area contributed by atoms with Gasteiger partial charge in [0, 0.05) is 25.8 Å². The number of halogens is 4. The molecule has 1 saturated heterocycles. The molecule has 1 aromatic heterocycles. The molecule has 0 radical (unpaired) electrons. The number of aromatic nitrogens is 2. The third-order valence-corrected chi connectivity index (χ3v) is 2.72. The molecule has 0 aromatic carbocycles. The number of alkyl halides is 3. The van der Waals surface area contributed by atoms with Crippen molar-refractivity contribution in [1.29, 1.82) is 0 Å². The molecule has 2 rings (SSSR count). The molecular formula is C10H15ClF3N5. The average molecular weight is 298 g/mol. The molecule has 5 nitrogen and oxygen atoms in total. The first kappa shape index (κ1) is 15.8. The molecule has 0 aliphatic carbocycles. The zero-order valence-electron chi connectivity index (χ0n) is 10.2. The van der Waals surface area contributed by atoms with Gasteiger partial charge in [0.1, 0.15) is 11.4 Å². The van der Waals surface area contributed by atoms with E-state index in [2.05, 4.69) is 25.9 Å². The Balaban J connectivity index is 0.00000180. The van der Waals surface area contributed by atoms with Crippen LogP contribution in [-0.2, 0) is 6.18 Å². The van der Waals surface area contributed by atoms with Gasteiger partial charge in [0.2, 0.25) is 5.95 Å². The molecule has 1 fully saturated rings. The van der Waals surface area contributed by atoms with Crippen LogP contribution in [0.15, 0.2) is 6.20 Å². The van der Waals surface area contributed by atoms with E-state index >= 15 is 0 Å².